The summed E-state index contributed by atoms with van der Waals surface area (Å²) in [5.74, 6) is 1.35. The lowest BCUT2D eigenvalue weighted by molar-refractivity contribution is -0.116. The molecule has 0 aliphatic carbocycles. The average molecular weight is 657 g/mol. The first-order chi connectivity index (χ1) is 19.9. The number of nitrogens with zero attached hydrogens (tertiary/aromatic N) is 4. The highest BCUT2D eigenvalue weighted by Gasteiger charge is 2.25. The molecule has 0 atom stereocenters. The van der Waals surface area contributed by atoms with Crippen molar-refractivity contribution in [1.82, 2.24) is 20.1 Å². The maximum atomic E-state index is 13.4. The normalized spacial score (nSPS) is 12.5. The Kier molecular flexibility index (Phi) is 9.16. The van der Waals surface area contributed by atoms with E-state index >= 15 is 0 Å². The molecule has 2 heterocycles. The molecule has 1 aliphatic heterocycles. The predicted octanol–water partition coefficient (Wildman–Crippen LogP) is 5.70. The Balaban J connectivity index is 1.43. The van der Waals surface area contributed by atoms with Crippen LogP contribution in [0.1, 0.15) is 28.2 Å². The van der Waals surface area contributed by atoms with Crippen LogP contribution in [0.5, 0.6) is 11.5 Å². The van der Waals surface area contributed by atoms with Crippen molar-refractivity contribution in [2.75, 3.05) is 31.4 Å². The number of rotatable bonds is 9. The molecule has 2 amide bonds. The van der Waals surface area contributed by atoms with Gasteiger partial charge in [0.25, 0.3) is 5.91 Å². The summed E-state index contributed by atoms with van der Waals surface area (Å²) in [5, 5.41) is 12.4. The molecule has 212 valence electrons. The zero-order valence-corrected chi connectivity index (χ0v) is 25.6. The summed E-state index contributed by atoms with van der Waals surface area (Å²) in [4.78, 5) is 28.2. The first-order valence-electron chi connectivity index (χ1n) is 12.8. The minimum atomic E-state index is -0.364. The van der Waals surface area contributed by atoms with Crippen LogP contribution in [0, 0.1) is 0 Å². The number of aryl methyl sites for hydroxylation is 1. The van der Waals surface area contributed by atoms with E-state index in [4.69, 9.17) is 21.1 Å². The molecule has 0 bridgehead atoms. The number of hydrogen-bond acceptors (Lipinski definition) is 7. The number of amides is 2. The van der Waals surface area contributed by atoms with Gasteiger partial charge in [-0.3, -0.25) is 14.2 Å². The van der Waals surface area contributed by atoms with Gasteiger partial charge >= 0.3 is 0 Å². The SMILES string of the molecule is COc1ccc(OC)c(-n2c(CNC(=O)c3cc(Br)ccc3Cl)nnc2SCC(=O)N2CCCc3ccccc32)c1. The summed E-state index contributed by atoms with van der Waals surface area (Å²) >= 11 is 10.9. The van der Waals surface area contributed by atoms with Crippen molar-refractivity contribution >= 4 is 56.8 Å². The minimum absolute atomic E-state index is 0.0199. The monoisotopic (exact) mass is 655 g/mol. The Morgan fingerprint density at radius 2 is 1.88 bits per heavy atom. The topological polar surface area (TPSA) is 98.6 Å². The quantitative estimate of drug-likeness (QED) is 0.231. The molecular weight excluding hydrogens is 630 g/mol. The van der Waals surface area contributed by atoms with Crippen LogP contribution in [-0.4, -0.2) is 53.1 Å². The molecule has 0 saturated heterocycles. The molecule has 12 heteroatoms. The van der Waals surface area contributed by atoms with E-state index < -0.39 is 0 Å². The highest BCUT2D eigenvalue weighted by atomic mass is 79.9. The number of aromatic nitrogens is 3. The summed E-state index contributed by atoms with van der Waals surface area (Å²) in [5.41, 5.74) is 3.06. The number of ether oxygens (including phenoxy) is 2. The van der Waals surface area contributed by atoms with Crippen molar-refractivity contribution in [2.45, 2.75) is 24.5 Å². The summed E-state index contributed by atoms with van der Waals surface area (Å²) in [6.45, 7) is 0.714. The lowest BCUT2D eigenvalue weighted by Crippen LogP contribution is -2.36. The number of carbonyl (C=O) groups excluding carboxylic acids is 2. The second-order valence-corrected chi connectivity index (χ2v) is 11.4. The van der Waals surface area contributed by atoms with E-state index in [2.05, 4.69) is 37.5 Å². The van der Waals surface area contributed by atoms with Crippen molar-refractivity contribution < 1.29 is 19.1 Å². The van der Waals surface area contributed by atoms with Gasteiger partial charge in [-0.1, -0.05) is 57.5 Å². The Bertz CT molecular complexity index is 1600. The van der Waals surface area contributed by atoms with Gasteiger partial charge in [-0.05, 0) is 54.8 Å². The Hall–Kier alpha value is -3.54. The van der Waals surface area contributed by atoms with Crippen molar-refractivity contribution in [2.24, 2.45) is 0 Å². The fraction of sp³-hybridized carbons (Fsp3) is 0.241. The van der Waals surface area contributed by atoms with Gasteiger partial charge in [-0.15, -0.1) is 10.2 Å². The molecule has 4 aromatic rings. The fourth-order valence-corrected chi connectivity index (χ4v) is 6.05. The molecule has 1 N–H and O–H groups in total. The number of methoxy groups -OCH3 is 2. The average Bonchev–Trinajstić information content (AvgIpc) is 3.41. The van der Waals surface area contributed by atoms with Gasteiger partial charge in [0, 0.05) is 22.8 Å². The van der Waals surface area contributed by atoms with Crippen LogP contribution in [0.15, 0.2) is 70.3 Å². The van der Waals surface area contributed by atoms with Crippen LogP contribution in [0.2, 0.25) is 5.02 Å². The molecule has 0 spiro atoms. The first-order valence-corrected chi connectivity index (χ1v) is 15.0. The van der Waals surface area contributed by atoms with Crippen LogP contribution in [-0.2, 0) is 17.8 Å². The number of anilines is 1. The largest absolute Gasteiger partial charge is 0.497 e. The summed E-state index contributed by atoms with van der Waals surface area (Å²) < 4.78 is 13.6. The van der Waals surface area contributed by atoms with E-state index in [0.29, 0.717) is 45.3 Å². The third-order valence-corrected chi connectivity index (χ3v) is 8.38. The van der Waals surface area contributed by atoms with E-state index in [1.54, 1.807) is 55.2 Å². The number of nitrogens with one attached hydrogen (secondary N) is 1. The van der Waals surface area contributed by atoms with Crippen molar-refractivity contribution in [3.63, 3.8) is 0 Å². The third kappa shape index (κ3) is 6.37. The number of halogens is 2. The highest BCUT2D eigenvalue weighted by Crippen LogP contribution is 2.33. The summed E-state index contributed by atoms with van der Waals surface area (Å²) in [6.07, 6.45) is 1.87. The number of benzene rings is 3. The molecule has 41 heavy (non-hydrogen) atoms. The maximum Gasteiger partial charge on any atom is 0.253 e. The van der Waals surface area contributed by atoms with Crippen LogP contribution >= 0.6 is 39.3 Å². The molecule has 1 aliphatic rings. The standard InChI is InChI=1S/C29H27BrClN5O4S/c1-39-20-10-12-25(40-2)24(15-20)36-26(16-32-28(38)21-14-19(30)9-11-22(21)31)33-34-29(36)41-17-27(37)35-13-5-7-18-6-3-4-8-23(18)35/h3-4,6,8-12,14-15H,5,7,13,16-17H2,1-2H3,(H,32,38). The molecule has 0 saturated carbocycles. The van der Waals surface area contributed by atoms with E-state index in [1.807, 2.05) is 23.1 Å². The molecule has 0 radical (unpaired) electrons. The van der Waals surface area contributed by atoms with E-state index in [9.17, 15) is 9.59 Å². The second kappa shape index (κ2) is 13.0. The smallest absolute Gasteiger partial charge is 0.253 e. The Morgan fingerprint density at radius 1 is 1.05 bits per heavy atom. The second-order valence-electron chi connectivity index (χ2n) is 9.15. The minimum Gasteiger partial charge on any atom is -0.497 e. The van der Waals surface area contributed by atoms with Gasteiger partial charge in [0.15, 0.2) is 11.0 Å². The van der Waals surface area contributed by atoms with Gasteiger partial charge in [0.2, 0.25) is 5.91 Å². The molecule has 5 rings (SSSR count). The van der Waals surface area contributed by atoms with E-state index in [1.165, 1.54) is 17.3 Å². The van der Waals surface area contributed by atoms with Gasteiger partial charge in [0.05, 0.1) is 42.8 Å². The van der Waals surface area contributed by atoms with Crippen molar-refractivity contribution in [1.29, 1.82) is 0 Å². The number of para-hydroxylation sites is 1. The number of hydrogen-bond donors (Lipinski definition) is 1. The van der Waals surface area contributed by atoms with Crippen molar-refractivity contribution in [3.8, 4) is 17.2 Å². The van der Waals surface area contributed by atoms with E-state index in [0.717, 1.165) is 23.0 Å². The number of carbonyl (C=O) groups is 2. The predicted molar refractivity (Wildman–Crippen MR) is 163 cm³/mol. The van der Waals surface area contributed by atoms with Gasteiger partial charge in [-0.2, -0.15) is 0 Å². The van der Waals surface area contributed by atoms with Crippen molar-refractivity contribution in [3.05, 3.63) is 87.1 Å². The van der Waals surface area contributed by atoms with Crippen LogP contribution in [0.4, 0.5) is 5.69 Å². The molecule has 9 nitrogen and oxygen atoms in total. The molecule has 3 aromatic carbocycles. The zero-order chi connectivity index (χ0) is 28.9. The number of thioether (sulfide) groups is 1. The number of fused-ring (bicyclic) bond motifs is 1. The van der Waals surface area contributed by atoms with Gasteiger partial charge in [0.1, 0.15) is 11.5 Å². The zero-order valence-electron chi connectivity index (χ0n) is 22.4. The molecular formula is C29H27BrClN5O4S. The Morgan fingerprint density at radius 3 is 2.68 bits per heavy atom. The maximum absolute atomic E-state index is 13.4. The Labute approximate surface area is 255 Å². The first kappa shape index (κ1) is 29.0. The lowest BCUT2D eigenvalue weighted by atomic mass is 10.0. The highest BCUT2D eigenvalue weighted by molar-refractivity contribution is 9.10. The lowest BCUT2D eigenvalue weighted by Gasteiger charge is -2.29. The van der Waals surface area contributed by atoms with Crippen LogP contribution in [0.3, 0.4) is 0 Å². The van der Waals surface area contributed by atoms with Crippen LogP contribution < -0.4 is 19.7 Å². The van der Waals surface area contributed by atoms with E-state index in [-0.39, 0.29) is 24.1 Å². The van der Waals surface area contributed by atoms with Gasteiger partial charge < -0.3 is 19.7 Å². The molecule has 0 fully saturated rings. The fourth-order valence-electron chi connectivity index (χ4n) is 4.64. The summed E-state index contributed by atoms with van der Waals surface area (Å²) in [7, 11) is 3.14. The molecule has 0 unspecified atom stereocenters. The summed E-state index contributed by atoms with van der Waals surface area (Å²) in [6, 6.07) is 18.4. The van der Waals surface area contributed by atoms with Gasteiger partial charge in [-0.25, -0.2) is 0 Å². The van der Waals surface area contributed by atoms with Crippen LogP contribution in [0.25, 0.3) is 5.69 Å². The third-order valence-electron chi connectivity index (χ3n) is 6.64. The molecule has 1 aromatic heterocycles.